The Bertz CT molecular complexity index is 1020. The van der Waals surface area contributed by atoms with E-state index in [2.05, 4.69) is 22.5 Å². The molecule has 7 heteroatoms. The lowest BCUT2D eigenvalue weighted by Crippen LogP contribution is -2.27. The van der Waals surface area contributed by atoms with Gasteiger partial charge >= 0.3 is 12.2 Å². The van der Waals surface area contributed by atoms with Crippen molar-refractivity contribution in [2.24, 2.45) is 0 Å². The molecule has 0 bridgehead atoms. The Balaban J connectivity index is 2.21. The Hall–Kier alpha value is -3.66. The van der Waals surface area contributed by atoms with E-state index < -0.39 is 23.4 Å². The summed E-state index contributed by atoms with van der Waals surface area (Å²) in [5.74, 6) is 5.85. The van der Waals surface area contributed by atoms with Gasteiger partial charge in [0.2, 0.25) is 0 Å². The van der Waals surface area contributed by atoms with E-state index in [0.29, 0.717) is 16.8 Å². The largest absolute Gasteiger partial charge is 0.506 e. The van der Waals surface area contributed by atoms with Crippen molar-refractivity contribution < 1.29 is 24.2 Å². The first-order valence-corrected chi connectivity index (χ1v) is 9.76. The van der Waals surface area contributed by atoms with E-state index in [0.717, 1.165) is 0 Å². The SMILES string of the molecule is CC(C)(C)OC(=O)Nc1cc(C#Cc2ccccc2NC(=O)OC(C)(C)C)ccc1O. The Morgan fingerprint density at radius 1 is 0.806 bits per heavy atom. The van der Waals surface area contributed by atoms with Crippen molar-refractivity contribution in [2.45, 2.75) is 52.7 Å². The third kappa shape index (κ3) is 8.31. The molecule has 3 N–H and O–H groups in total. The summed E-state index contributed by atoms with van der Waals surface area (Å²) >= 11 is 0. The molecule has 164 valence electrons. The molecule has 2 aromatic carbocycles. The molecule has 0 unspecified atom stereocenters. The van der Waals surface area contributed by atoms with Crippen LogP contribution in [0.2, 0.25) is 0 Å². The van der Waals surface area contributed by atoms with E-state index >= 15 is 0 Å². The average Bonchev–Trinajstić information content (AvgIpc) is 2.60. The van der Waals surface area contributed by atoms with Gasteiger partial charge in [0.25, 0.3) is 0 Å². The van der Waals surface area contributed by atoms with Gasteiger partial charge in [-0.3, -0.25) is 10.6 Å². The standard InChI is InChI=1S/C24H28N2O5/c1-23(2,3)30-21(28)25-18-10-8-7-9-17(18)13-11-16-12-14-20(27)19(15-16)26-22(29)31-24(4,5)6/h7-10,12,14-15,27H,1-6H3,(H,25,28)(H,26,29). The minimum Gasteiger partial charge on any atom is -0.506 e. The monoisotopic (exact) mass is 424 g/mol. The molecule has 0 saturated heterocycles. The van der Waals surface area contributed by atoms with Crippen molar-refractivity contribution in [3.8, 4) is 17.6 Å². The van der Waals surface area contributed by atoms with E-state index in [-0.39, 0.29) is 11.4 Å². The van der Waals surface area contributed by atoms with Crippen molar-refractivity contribution in [2.75, 3.05) is 10.6 Å². The van der Waals surface area contributed by atoms with Crippen molar-refractivity contribution in [3.63, 3.8) is 0 Å². The maximum absolute atomic E-state index is 12.1. The van der Waals surface area contributed by atoms with Gasteiger partial charge in [0.1, 0.15) is 17.0 Å². The van der Waals surface area contributed by atoms with Gasteiger partial charge in [-0.2, -0.15) is 0 Å². The summed E-state index contributed by atoms with van der Waals surface area (Å²) in [6.07, 6.45) is -1.25. The fourth-order valence-electron chi connectivity index (χ4n) is 2.38. The Morgan fingerprint density at radius 3 is 1.94 bits per heavy atom. The minimum absolute atomic E-state index is 0.108. The van der Waals surface area contributed by atoms with Crippen LogP contribution < -0.4 is 10.6 Å². The summed E-state index contributed by atoms with van der Waals surface area (Å²) in [4.78, 5) is 24.1. The van der Waals surface area contributed by atoms with Crippen molar-refractivity contribution in [1.29, 1.82) is 0 Å². The van der Waals surface area contributed by atoms with Crippen LogP contribution in [0, 0.1) is 11.8 Å². The van der Waals surface area contributed by atoms with Gasteiger partial charge in [0, 0.05) is 11.1 Å². The van der Waals surface area contributed by atoms with E-state index in [1.54, 1.807) is 71.9 Å². The predicted molar refractivity (Wildman–Crippen MR) is 120 cm³/mol. The molecule has 0 heterocycles. The van der Waals surface area contributed by atoms with Crippen LogP contribution >= 0.6 is 0 Å². The van der Waals surface area contributed by atoms with Gasteiger partial charge < -0.3 is 14.6 Å². The molecular formula is C24H28N2O5. The lowest BCUT2D eigenvalue weighted by Gasteiger charge is -2.20. The second-order valence-corrected chi connectivity index (χ2v) is 8.78. The highest BCUT2D eigenvalue weighted by atomic mass is 16.6. The summed E-state index contributed by atoms with van der Waals surface area (Å²) in [5.41, 5.74) is 0.548. The first-order chi connectivity index (χ1) is 14.3. The Morgan fingerprint density at radius 2 is 1.35 bits per heavy atom. The molecule has 0 atom stereocenters. The molecule has 2 amide bonds. The van der Waals surface area contributed by atoms with E-state index in [4.69, 9.17) is 9.47 Å². The normalized spacial score (nSPS) is 11.0. The number of anilines is 2. The molecule has 0 aliphatic carbocycles. The number of carbonyl (C=O) groups excluding carboxylic acids is 2. The number of phenols is 1. The lowest BCUT2D eigenvalue weighted by atomic mass is 10.1. The van der Waals surface area contributed by atoms with Gasteiger partial charge in [0.05, 0.1) is 11.4 Å². The van der Waals surface area contributed by atoms with Crippen molar-refractivity contribution >= 4 is 23.6 Å². The van der Waals surface area contributed by atoms with Gasteiger partial charge in [-0.05, 0) is 71.9 Å². The number of hydrogen-bond donors (Lipinski definition) is 3. The minimum atomic E-state index is -0.681. The first-order valence-electron chi connectivity index (χ1n) is 9.76. The molecule has 0 aliphatic heterocycles. The average molecular weight is 424 g/mol. The molecular weight excluding hydrogens is 396 g/mol. The number of ether oxygens (including phenoxy) is 2. The summed E-state index contributed by atoms with van der Waals surface area (Å²) in [5, 5.41) is 15.2. The molecule has 0 saturated carbocycles. The van der Waals surface area contributed by atoms with Gasteiger partial charge in [-0.15, -0.1) is 0 Å². The number of hydrogen-bond acceptors (Lipinski definition) is 5. The molecule has 0 radical (unpaired) electrons. The molecule has 0 aliphatic rings. The zero-order valence-electron chi connectivity index (χ0n) is 18.6. The third-order valence-electron chi connectivity index (χ3n) is 3.54. The van der Waals surface area contributed by atoms with Gasteiger partial charge in [-0.25, -0.2) is 9.59 Å². The topological polar surface area (TPSA) is 96.9 Å². The highest BCUT2D eigenvalue weighted by Crippen LogP contribution is 2.25. The maximum atomic E-state index is 12.1. The Labute approximate surface area is 182 Å². The number of phenolic OH excluding ortho intramolecular Hbond substituents is 1. The van der Waals surface area contributed by atoms with Crippen LogP contribution in [0.5, 0.6) is 5.75 Å². The first kappa shape index (κ1) is 23.6. The summed E-state index contributed by atoms with van der Waals surface area (Å²) in [6.45, 7) is 10.6. The molecule has 0 aromatic heterocycles. The molecule has 2 rings (SSSR count). The fourth-order valence-corrected chi connectivity index (χ4v) is 2.38. The van der Waals surface area contributed by atoms with Gasteiger partial charge in [0.15, 0.2) is 0 Å². The van der Waals surface area contributed by atoms with Crippen molar-refractivity contribution in [1.82, 2.24) is 0 Å². The lowest BCUT2D eigenvalue weighted by molar-refractivity contribution is 0.0624. The van der Waals surface area contributed by atoms with Crippen molar-refractivity contribution in [3.05, 3.63) is 53.6 Å². The second kappa shape index (κ2) is 9.43. The molecule has 2 aromatic rings. The fraction of sp³-hybridized carbons (Fsp3) is 0.333. The summed E-state index contributed by atoms with van der Waals surface area (Å²) < 4.78 is 10.5. The van der Waals surface area contributed by atoms with Crippen LogP contribution in [0.25, 0.3) is 0 Å². The summed E-state index contributed by atoms with van der Waals surface area (Å²) in [7, 11) is 0. The van der Waals surface area contributed by atoms with E-state index in [1.165, 1.54) is 12.1 Å². The smallest absolute Gasteiger partial charge is 0.412 e. The number of amides is 2. The quantitative estimate of drug-likeness (QED) is 0.438. The highest BCUT2D eigenvalue weighted by Gasteiger charge is 2.18. The zero-order chi connectivity index (χ0) is 23.2. The number of para-hydroxylation sites is 1. The number of nitrogens with one attached hydrogen (secondary N) is 2. The van der Waals surface area contributed by atoms with E-state index in [1.807, 2.05) is 0 Å². The van der Waals surface area contributed by atoms with Crippen LogP contribution in [-0.4, -0.2) is 28.5 Å². The zero-order valence-corrected chi connectivity index (χ0v) is 18.6. The number of benzene rings is 2. The third-order valence-corrected chi connectivity index (χ3v) is 3.54. The molecule has 7 nitrogen and oxygen atoms in total. The van der Waals surface area contributed by atoms with Gasteiger partial charge in [-0.1, -0.05) is 24.0 Å². The van der Waals surface area contributed by atoms with Crippen LogP contribution in [-0.2, 0) is 9.47 Å². The maximum Gasteiger partial charge on any atom is 0.412 e. The van der Waals surface area contributed by atoms with Crippen LogP contribution in [0.15, 0.2) is 42.5 Å². The number of aromatic hydroxyl groups is 1. The van der Waals surface area contributed by atoms with Crippen LogP contribution in [0.3, 0.4) is 0 Å². The Kier molecular flexibility index (Phi) is 7.19. The number of rotatable bonds is 2. The molecule has 31 heavy (non-hydrogen) atoms. The van der Waals surface area contributed by atoms with E-state index in [9.17, 15) is 14.7 Å². The highest BCUT2D eigenvalue weighted by molar-refractivity contribution is 5.88. The number of carbonyl (C=O) groups is 2. The second-order valence-electron chi connectivity index (χ2n) is 8.78. The van der Waals surface area contributed by atoms with Crippen LogP contribution in [0.1, 0.15) is 52.7 Å². The van der Waals surface area contributed by atoms with Crippen LogP contribution in [0.4, 0.5) is 21.0 Å². The summed E-state index contributed by atoms with van der Waals surface area (Å²) in [6, 6.07) is 11.7. The molecule has 0 fully saturated rings. The molecule has 0 spiro atoms. The predicted octanol–water partition coefficient (Wildman–Crippen LogP) is 5.49.